The molecule has 3 nitrogen and oxygen atoms in total. The van der Waals surface area contributed by atoms with Gasteiger partial charge in [-0.2, -0.15) is 0 Å². The summed E-state index contributed by atoms with van der Waals surface area (Å²) < 4.78 is 0.957. The number of aliphatic hydroxyl groups excluding tert-OH is 1. The molecule has 1 aromatic carbocycles. The lowest BCUT2D eigenvalue weighted by Gasteiger charge is -2.40. The minimum Gasteiger partial charge on any atom is -0.393 e. The lowest BCUT2D eigenvalue weighted by molar-refractivity contribution is -0.128. The van der Waals surface area contributed by atoms with Crippen molar-refractivity contribution in [1.82, 2.24) is 0 Å². The average molecular weight is 268 g/mol. The smallest absolute Gasteiger partial charge is 0.235 e. The fourth-order valence-corrected chi connectivity index (χ4v) is 2.91. The standard InChI is InChI=1S/C11H10BrNO2/c12-6-1-2-8-9(3-6)13-10(15)11(8)4-7(14)5-11/h1-3,7,14H,4-5H2,(H,13,15). The van der Waals surface area contributed by atoms with E-state index in [0.29, 0.717) is 12.8 Å². The van der Waals surface area contributed by atoms with Crippen LogP contribution < -0.4 is 5.32 Å². The van der Waals surface area contributed by atoms with Crippen molar-refractivity contribution in [3.8, 4) is 0 Å². The SMILES string of the molecule is O=C1Nc2cc(Br)ccc2C12CC(O)C2. The van der Waals surface area contributed by atoms with Crippen molar-refractivity contribution in [3.05, 3.63) is 28.2 Å². The fourth-order valence-electron chi connectivity index (χ4n) is 2.55. The predicted octanol–water partition coefficient (Wildman–Crippen LogP) is 1.79. The molecule has 0 unspecified atom stereocenters. The molecule has 1 fully saturated rings. The summed E-state index contributed by atoms with van der Waals surface area (Å²) in [6.07, 6.45) is 0.770. The Morgan fingerprint density at radius 3 is 2.87 bits per heavy atom. The van der Waals surface area contributed by atoms with E-state index in [2.05, 4.69) is 21.2 Å². The number of hydrogen-bond donors (Lipinski definition) is 2. The first-order chi connectivity index (χ1) is 7.12. The summed E-state index contributed by atoms with van der Waals surface area (Å²) in [5.74, 6) is 0.0286. The van der Waals surface area contributed by atoms with Crippen molar-refractivity contribution in [2.24, 2.45) is 0 Å². The zero-order chi connectivity index (χ0) is 10.6. The van der Waals surface area contributed by atoms with E-state index in [0.717, 1.165) is 15.7 Å². The topological polar surface area (TPSA) is 49.3 Å². The van der Waals surface area contributed by atoms with E-state index in [4.69, 9.17) is 0 Å². The summed E-state index contributed by atoms with van der Waals surface area (Å²) in [6, 6.07) is 5.81. The van der Waals surface area contributed by atoms with Gasteiger partial charge in [-0.15, -0.1) is 0 Å². The first kappa shape index (κ1) is 9.36. The maximum Gasteiger partial charge on any atom is 0.235 e. The number of amides is 1. The van der Waals surface area contributed by atoms with Crippen molar-refractivity contribution >= 4 is 27.5 Å². The second-order valence-electron chi connectivity index (χ2n) is 4.29. The van der Waals surface area contributed by atoms with E-state index in [9.17, 15) is 9.90 Å². The van der Waals surface area contributed by atoms with Gasteiger partial charge in [0, 0.05) is 10.2 Å². The van der Waals surface area contributed by atoms with Crippen LogP contribution in [0, 0.1) is 0 Å². The molecule has 78 valence electrons. The van der Waals surface area contributed by atoms with E-state index >= 15 is 0 Å². The molecule has 1 amide bonds. The van der Waals surface area contributed by atoms with Crippen LogP contribution in [0.4, 0.5) is 5.69 Å². The van der Waals surface area contributed by atoms with E-state index in [1.54, 1.807) is 0 Å². The molecule has 1 saturated carbocycles. The van der Waals surface area contributed by atoms with Crippen LogP contribution in [-0.2, 0) is 10.2 Å². The molecule has 2 N–H and O–H groups in total. The number of anilines is 1. The number of nitrogens with one attached hydrogen (secondary N) is 1. The Balaban J connectivity index is 2.11. The molecule has 1 spiro atoms. The Morgan fingerprint density at radius 2 is 2.20 bits per heavy atom. The number of benzene rings is 1. The van der Waals surface area contributed by atoms with Crippen LogP contribution in [0.5, 0.6) is 0 Å². The lowest BCUT2D eigenvalue weighted by Crippen LogP contribution is -2.49. The molecule has 1 aliphatic heterocycles. The Labute approximate surface area is 95.6 Å². The molecule has 0 aromatic heterocycles. The van der Waals surface area contributed by atoms with Gasteiger partial charge >= 0.3 is 0 Å². The number of carbonyl (C=O) groups excluding carboxylic acids is 1. The third-order valence-corrected chi connectivity index (χ3v) is 3.84. The quantitative estimate of drug-likeness (QED) is 0.753. The van der Waals surface area contributed by atoms with Gasteiger partial charge in [0.05, 0.1) is 11.5 Å². The first-order valence-corrected chi connectivity index (χ1v) is 5.71. The van der Waals surface area contributed by atoms with Gasteiger partial charge in [-0.3, -0.25) is 4.79 Å². The summed E-state index contributed by atoms with van der Waals surface area (Å²) in [6.45, 7) is 0. The van der Waals surface area contributed by atoms with Gasteiger partial charge in [0.15, 0.2) is 0 Å². The van der Waals surface area contributed by atoms with E-state index < -0.39 is 5.41 Å². The van der Waals surface area contributed by atoms with Gasteiger partial charge in [0.2, 0.25) is 5.91 Å². The fraction of sp³-hybridized carbons (Fsp3) is 0.364. The average Bonchev–Trinajstić information content (AvgIpc) is 2.38. The van der Waals surface area contributed by atoms with Gasteiger partial charge in [0.25, 0.3) is 0 Å². The second kappa shape index (κ2) is 2.83. The van der Waals surface area contributed by atoms with Crippen LogP contribution >= 0.6 is 15.9 Å². The molecule has 15 heavy (non-hydrogen) atoms. The Bertz CT molecular complexity index is 452. The van der Waals surface area contributed by atoms with Crippen LogP contribution in [-0.4, -0.2) is 17.1 Å². The number of carbonyl (C=O) groups is 1. The highest BCUT2D eigenvalue weighted by atomic mass is 79.9. The highest BCUT2D eigenvalue weighted by Crippen LogP contribution is 2.51. The summed E-state index contributed by atoms with van der Waals surface area (Å²) in [5.41, 5.74) is 1.46. The Hall–Kier alpha value is -0.870. The molecule has 1 heterocycles. The number of aliphatic hydroxyl groups is 1. The molecular weight excluding hydrogens is 258 g/mol. The van der Waals surface area contributed by atoms with Gasteiger partial charge in [-0.1, -0.05) is 22.0 Å². The van der Waals surface area contributed by atoms with Crippen molar-refractivity contribution in [2.75, 3.05) is 5.32 Å². The zero-order valence-corrected chi connectivity index (χ0v) is 9.54. The molecule has 4 heteroatoms. The van der Waals surface area contributed by atoms with Crippen LogP contribution in [0.15, 0.2) is 22.7 Å². The zero-order valence-electron chi connectivity index (χ0n) is 7.96. The first-order valence-electron chi connectivity index (χ1n) is 4.91. The molecule has 2 aliphatic rings. The van der Waals surface area contributed by atoms with Crippen LogP contribution in [0.1, 0.15) is 18.4 Å². The number of fused-ring (bicyclic) bond motifs is 2. The minimum absolute atomic E-state index is 0.0286. The largest absolute Gasteiger partial charge is 0.393 e. The van der Waals surface area contributed by atoms with E-state index in [1.165, 1.54) is 0 Å². The van der Waals surface area contributed by atoms with E-state index in [-0.39, 0.29) is 12.0 Å². The molecule has 0 atom stereocenters. The highest BCUT2D eigenvalue weighted by molar-refractivity contribution is 9.10. The van der Waals surface area contributed by atoms with Crippen molar-refractivity contribution < 1.29 is 9.90 Å². The lowest BCUT2D eigenvalue weighted by atomic mass is 9.63. The number of rotatable bonds is 0. The van der Waals surface area contributed by atoms with Crippen LogP contribution in [0.25, 0.3) is 0 Å². The normalized spacial score (nSPS) is 32.4. The van der Waals surface area contributed by atoms with Gasteiger partial charge in [0.1, 0.15) is 0 Å². The van der Waals surface area contributed by atoms with Crippen molar-refractivity contribution in [2.45, 2.75) is 24.4 Å². The highest BCUT2D eigenvalue weighted by Gasteiger charge is 2.55. The van der Waals surface area contributed by atoms with Gasteiger partial charge in [-0.25, -0.2) is 0 Å². The molecular formula is C11H10BrNO2. The third-order valence-electron chi connectivity index (χ3n) is 3.35. The van der Waals surface area contributed by atoms with Gasteiger partial charge < -0.3 is 10.4 Å². The monoisotopic (exact) mass is 267 g/mol. The summed E-state index contributed by atoms with van der Waals surface area (Å²) >= 11 is 3.37. The Kier molecular flexibility index (Phi) is 1.77. The second-order valence-corrected chi connectivity index (χ2v) is 5.20. The Morgan fingerprint density at radius 1 is 1.47 bits per heavy atom. The van der Waals surface area contributed by atoms with Crippen molar-refractivity contribution in [1.29, 1.82) is 0 Å². The molecule has 1 aromatic rings. The van der Waals surface area contributed by atoms with Crippen LogP contribution in [0.3, 0.4) is 0 Å². The van der Waals surface area contributed by atoms with E-state index in [1.807, 2.05) is 18.2 Å². The molecule has 0 bridgehead atoms. The maximum atomic E-state index is 11.9. The molecule has 0 saturated heterocycles. The molecule has 1 aliphatic carbocycles. The van der Waals surface area contributed by atoms with Gasteiger partial charge in [-0.05, 0) is 30.5 Å². The summed E-state index contributed by atoms with van der Waals surface area (Å²) in [4.78, 5) is 11.9. The number of hydrogen-bond acceptors (Lipinski definition) is 2. The number of halogens is 1. The molecule has 3 rings (SSSR count). The maximum absolute atomic E-state index is 11.9. The molecule has 0 radical (unpaired) electrons. The summed E-state index contributed by atoms with van der Waals surface area (Å²) in [5, 5.41) is 12.3. The third kappa shape index (κ3) is 1.12. The van der Waals surface area contributed by atoms with Crippen LogP contribution in [0.2, 0.25) is 0 Å². The predicted molar refractivity (Wildman–Crippen MR) is 59.7 cm³/mol. The van der Waals surface area contributed by atoms with Crippen molar-refractivity contribution in [3.63, 3.8) is 0 Å². The summed E-state index contributed by atoms with van der Waals surface area (Å²) in [7, 11) is 0. The minimum atomic E-state index is -0.449.